The van der Waals surface area contributed by atoms with Gasteiger partial charge in [0, 0.05) is 11.1 Å². The van der Waals surface area contributed by atoms with E-state index in [-0.39, 0.29) is 0 Å². The molecule has 0 radical (unpaired) electrons. The number of tetrazole rings is 1. The molecule has 0 spiro atoms. The largest absolute Gasteiger partial charge is 0.348 e. The van der Waals surface area contributed by atoms with Crippen molar-refractivity contribution in [3.8, 4) is 6.07 Å². The summed E-state index contributed by atoms with van der Waals surface area (Å²) in [6.45, 7) is 0.330. The molecule has 3 aromatic rings. The highest BCUT2D eigenvalue weighted by atomic mass is 32.2. The number of thioether (sulfide) groups is 1. The molecule has 3 N–H and O–H groups in total. The molecule has 0 aliphatic carbocycles. The van der Waals surface area contributed by atoms with Crippen molar-refractivity contribution in [2.45, 2.75) is 11.4 Å². The molecule has 1 aliphatic rings. The van der Waals surface area contributed by atoms with Gasteiger partial charge in [-0.3, -0.25) is 0 Å². The fourth-order valence-corrected chi connectivity index (χ4v) is 3.26. The molecule has 122 valence electrons. The third-order valence-corrected chi connectivity index (χ3v) is 4.48. The maximum Gasteiger partial charge on any atom is 0.223 e. The number of benzene rings is 1. The van der Waals surface area contributed by atoms with Crippen LogP contribution >= 0.6 is 11.8 Å². The van der Waals surface area contributed by atoms with E-state index in [9.17, 15) is 5.26 Å². The molecule has 9 nitrogen and oxygen atoms in total. The standard InChI is InChI=1S/C15H11N9S/c16-7-9(14-19-11-3-1-2-4-12(11)25-14)10-5-6-17-15(20-10)18-8-13-21-23-24-22-13/h1-6,19H,8H2,(H,17,18,20)(H,21,22,23,24)/b14-9+. The topological polar surface area (TPSA) is 128 Å². The third-order valence-electron chi connectivity index (χ3n) is 3.39. The fourth-order valence-electron chi connectivity index (χ4n) is 2.25. The lowest BCUT2D eigenvalue weighted by Gasteiger charge is -2.06. The van der Waals surface area contributed by atoms with Gasteiger partial charge in [-0.25, -0.2) is 9.97 Å². The quantitative estimate of drug-likeness (QED) is 0.606. The van der Waals surface area contributed by atoms with E-state index in [4.69, 9.17) is 0 Å². The Morgan fingerprint density at radius 2 is 2.20 bits per heavy atom. The van der Waals surface area contributed by atoms with Crippen LogP contribution in [0, 0.1) is 11.3 Å². The van der Waals surface area contributed by atoms with Gasteiger partial charge in [-0.1, -0.05) is 29.1 Å². The number of aromatic amines is 1. The number of hydrogen-bond donors (Lipinski definition) is 3. The highest BCUT2D eigenvalue weighted by molar-refractivity contribution is 8.04. The maximum atomic E-state index is 9.62. The van der Waals surface area contributed by atoms with E-state index in [1.54, 1.807) is 12.3 Å². The number of H-pyrrole nitrogens is 1. The number of fused-ring (bicyclic) bond motifs is 1. The summed E-state index contributed by atoms with van der Waals surface area (Å²) in [4.78, 5) is 9.64. The summed E-state index contributed by atoms with van der Waals surface area (Å²) in [5, 5.41) is 30.2. The molecule has 0 amide bonds. The SMILES string of the molecule is N#C/C(=C1/Nc2ccccc2S1)c1ccnc(NCc2nn[nH]n2)n1. The summed E-state index contributed by atoms with van der Waals surface area (Å²) < 4.78 is 0. The Morgan fingerprint density at radius 3 is 3.00 bits per heavy atom. The molecule has 0 saturated heterocycles. The molecule has 1 aliphatic heterocycles. The van der Waals surface area contributed by atoms with Crippen LogP contribution in [-0.2, 0) is 6.54 Å². The number of nitrogens with zero attached hydrogens (tertiary/aromatic N) is 6. The monoisotopic (exact) mass is 349 g/mol. The second-order valence-corrected chi connectivity index (χ2v) is 6.04. The lowest BCUT2D eigenvalue weighted by Crippen LogP contribution is -2.06. The van der Waals surface area contributed by atoms with Crippen LogP contribution in [0.1, 0.15) is 11.5 Å². The Bertz CT molecular complexity index is 948. The molecule has 0 bridgehead atoms. The zero-order chi connectivity index (χ0) is 17.1. The van der Waals surface area contributed by atoms with E-state index in [1.807, 2.05) is 24.3 Å². The molecular formula is C15H11N9S. The number of nitrogens with one attached hydrogen (secondary N) is 3. The van der Waals surface area contributed by atoms with Gasteiger partial charge in [0.05, 0.1) is 23.0 Å². The average molecular weight is 349 g/mol. The van der Waals surface area contributed by atoms with Crippen molar-refractivity contribution in [3.05, 3.63) is 53.1 Å². The van der Waals surface area contributed by atoms with Gasteiger partial charge in [0.15, 0.2) is 5.82 Å². The van der Waals surface area contributed by atoms with Crippen LogP contribution in [0.2, 0.25) is 0 Å². The van der Waals surface area contributed by atoms with Crippen molar-refractivity contribution in [1.29, 1.82) is 5.26 Å². The van der Waals surface area contributed by atoms with Crippen molar-refractivity contribution in [3.63, 3.8) is 0 Å². The lowest BCUT2D eigenvalue weighted by atomic mass is 10.2. The summed E-state index contributed by atoms with van der Waals surface area (Å²) >= 11 is 1.51. The van der Waals surface area contributed by atoms with Gasteiger partial charge in [0.2, 0.25) is 5.95 Å². The number of rotatable bonds is 4. The first-order chi connectivity index (χ1) is 12.3. The summed E-state index contributed by atoms with van der Waals surface area (Å²) in [7, 11) is 0. The van der Waals surface area contributed by atoms with E-state index >= 15 is 0 Å². The molecule has 10 heteroatoms. The van der Waals surface area contributed by atoms with E-state index in [0.29, 0.717) is 29.6 Å². The Hall–Kier alpha value is -3.45. The Morgan fingerprint density at radius 1 is 1.28 bits per heavy atom. The summed E-state index contributed by atoms with van der Waals surface area (Å²) in [5.74, 6) is 0.882. The van der Waals surface area contributed by atoms with E-state index in [1.165, 1.54) is 11.8 Å². The fraction of sp³-hybridized carbons (Fsp3) is 0.0667. The van der Waals surface area contributed by atoms with Crippen molar-refractivity contribution in [2.75, 3.05) is 10.6 Å². The van der Waals surface area contributed by atoms with Crippen LogP contribution in [-0.4, -0.2) is 30.6 Å². The lowest BCUT2D eigenvalue weighted by molar-refractivity contribution is 0.881. The minimum atomic E-state index is 0.330. The highest BCUT2D eigenvalue weighted by Crippen LogP contribution is 2.43. The van der Waals surface area contributed by atoms with Gasteiger partial charge in [0.1, 0.15) is 11.6 Å². The zero-order valence-corrected chi connectivity index (χ0v) is 13.6. The molecule has 1 aromatic carbocycles. The maximum absolute atomic E-state index is 9.62. The molecule has 0 fully saturated rings. The number of nitriles is 1. The number of hydrogen-bond acceptors (Lipinski definition) is 9. The molecule has 0 atom stereocenters. The summed E-state index contributed by atoms with van der Waals surface area (Å²) in [6.07, 6.45) is 1.60. The predicted molar refractivity (Wildman–Crippen MR) is 92.0 cm³/mol. The summed E-state index contributed by atoms with van der Waals surface area (Å²) in [6, 6.07) is 11.8. The van der Waals surface area contributed by atoms with Crippen molar-refractivity contribution < 1.29 is 0 Å². The van der Waals surface area contributed by atoms with Crippen LogP contribution in [0.3, 0.4) is 0 Å². The van der Waals surface area contributed by atoms with Gasteiger partial charge in [-0.05, 0) is 18.2 Å². The van der Waals surface area contributed by atoms with E-state index in [2.05, 4.69) is 47.3 Å². The number of allylic oxidation sites excluding steroid dienone is 1. The predicted octanol–water partition coefficient (Wildman–Crippen LogP) is 2.01. The first-order valence-corrected chi connectivity index (χ1v) is 8.13. The van der Waals surface area contributed by atoms with Crippen LogP contribution in [0.4, 0.5) is 11.6 Å². The van der Waals surface area contributed by atoms with E-state index in [0.717, 1.165) is 15.6 Å². The van der Waals surface area contributed by atoms with Crippen molar-refractivity contribution >= 4 is 29.0 Å². The molecule has 0 saturated carbocycles. The minimum Gasteiger partial charge on any atom is -0.348 e. The Labute approximate surface area is 146 Å². The van der Waals surface area contributed by atoms with Crippen molar-refractivity contribution in [2.24, 2.45) is 0 Å². The molecule has 25 heavy (non-hydrogen) atoms. The van der Waals surface area contributed by atoms with Crippen molar-refractivity contribution in [1.82, 2.24) is 30.6 Å². The second-order valence-electron chi connectivity index (χ2n) is 4.99. The van der Waals surface area contributed by atoms with Gasteiger partial charge >= 0.3 is 0 Å². The second kappa shape index (κ2) is 6.58. The summed E-state index contributed by atoms with van der Waals surface area (Å²) in [5.41, 5.74) is 1.99. The number of anilines is 2. The number of para-hydroxylation sites is 1. The molecule has 4 rings (SSSR count). The smallest absolute Gasteiger partial charge is 0.223 e. The number of aromatic nitrogens is 6. The van der Waals surface area contributed by atoms with Crippen LogP contribution in [0.15, 0.2) is 46.5 Å². The van der Waals surface area contributed by atoms with Crippen LogP contribution < -0.4 is 10.6 Å². The Balaban J connectivity index is 1.59. The normalized spacial score (nSPS) is 14.4. The molecule has 2 aromatic heterocycles. The first kappa shape index (κ1) is 15.1. The van der Waals surface area contributed by atoms with E-state index < -0.39 is 0 Å². The highest BCUT2D eigenvalue weighted by Gasteiger charge is 2.20. The van der Waals surface area contributed by atoms with Gasteiger partial charge in [0.25, 0.3) is 0 Å². The first-order valence-electron chi connectivity index (χ1n) is 7.31. The Kier molecular flexibility index (Phi) is 3.97. The molecular weight excluding hydrogens is 338 g/mol. The molecule has 3 heterocycles. The third kappa shape index (κ3) is 3.13. The van der Waals surface area contributed by atoms with Crippen LogP contribution in [0.5, 0.6) is 0 Å². The van der Waals surface area contributed by atoms with Gasteiger partial charge in [-0.15, -0.1) is 10.2 Å². The van der Waals surface area contributed by atoms with Gasteiger partial charge in [-0.2, -0.15) is 10.5 Å². The van der Waals surface area contributed by atoms with Gasteiger partial charge < -0.3 is 10.6 Å². The zero-order valence-electron chi connectivity index (χ0n) is 12.8. The van der Waals surface area contributed by atoms with Crippen LogP contribution in [0.25, 0.3) is 5.57 Å². The minimum absolute atomic E-state index is 0.330. The molecule has 0 unspecified atom stereocenters. The average Bonchev–Trinajstić information content (AvgIpc) is 3.30.